The van der Waals surface area contributed by atoms with Crippen LogP contribution in [-0.4, -0.2) is 32.3 Å². The van der Waals surface area contributed by atoms with E-state index < -0.39 is 10.0 Å². The van der Waals surface area contributed by atoms with Crippen molar-refractivity contribution >= 4 is 21.6 Å². The van der Waals surface area contributed by atoms with Crippen molar-refractivity contribution in [3.05, 3.63) is 101 Å². The van der Waals surface area contributed by atoms with Crippen LogP contribution in [0.5, 0.6) is 0 Å². The van der Waals surface area contributed by atoms with Gasteiger partial charge in [-0.2, -0.15) is 5.26 Å². The van der Waals surface area contributed by atoms with Gasteiger partial charge in [-0.3, -0.25) is 9.52 Å². The molecule has 0 radical (unpaired) electrons. The number of nitrogens with one attached hydrogen (secondary N) is 1. The molecule has 0 aromatic heterocycles. The molecular weight excluding hydrogens is 446 g/mol. The lowest BCUT2D eigenvalue weighted by molar-refractivity contribution is 0.0713. The first kappa shape index (κ1) is 23.5. The van der Waals surface area contributed by atoms with Crippen LogP contribution in [0, 0.1) is 18.3 Å². The molecule has 1 N–H and O–H groups in total. The summed E-state index contributed by atoms with van der Waals surface area (Å²) in [7, 11) is -3.62. The molecule has 1 amide bonds. The first-order chi connectivity index (χ1) is 16.3. The Balaban J connectivity index is 1.42. The van der Waals surface area contributed by atoms with Crippen molar-refractivity contribution in [2.45, 2.75) is 31.4 Å². The van der Waals surface area contributed by atoms with E-state index >= 15 is 0 Å². The summed E-state index contributed by atoms with van der Waals surface area (Å²) in [5.41, 5.74) is 4.19. The fraction of sp³-hybridized carbons (Fsp3) is 0.259. The Morgan fingerprint density at radius 1 is 1.03 bits per heavy atom. The molecule has 3 aromatic carbocycles. The fourth-order valence-corrected chi connectivity index (χ4v) is 5.55. The van der Waals surface area contributed by atoms with Crippen molar-refractivity contribution in [3.8, 4) is 6.07 Å². The van der Waals surface area contributed by atoms with E-state index in [-0.39, 0.29) is 11.7 Å². The van der Waals surface area contributed by atoms with Gasteiger partial charge in [0.1, 0.15) is 0 Å². The maximum Gasteiger partial charge on any atom is 0.253 e. The summed E-state index contributed by atoms with van der Waals surface area (Å²) in [5.74, 6) is 0.130. The Morgan fingerprint density at radius 3 is 2.35 bits per heavy atom. The smallest absolute Gasteiger partial charge is 0.253 e. The van der Waals surface area contributed by atoms with Crippen LogP contribution in [-0.2, 0) is 15.8 Å². The first-order valence-electron chi connectivity index (χ1n) is 11.3. The molecule has 6 nitrogen and oxygen atoms in total. The molecule has 0 atom stereocenters. The summed E-state index contributed by atoms with van der Waals surface area (Å²) in [6.07, 6.45) is 1.69. The number of rotatable bonds is 6. The number of nitriles is 1. The molecule has 1 fully saturated rings. The number of carbonyl (C=O) groups is 1. The summed E-state index contributed by atoms with van der Waals surface area (Å²) >= 11 is 0. The second-order valence-electron chi connectivity index (χ2n) is 8.68. The van der Waals surface area contributed by atoms with Crippen molar-refractivity contribution in [2.75, 3.05) is 17.8 Å². The standard InChI is InChI=1S/C27H27N3O3S/c1-20-7-10-25(17-26(20)29-34(32,33)19-22-5-3-2-4-6-22)27(31)30-15-13-24(14-16-30)23-11-8-21(18-28)9-12-23/h2-12,17,24,29H,13-16,19H2,1H3. The van der Waals surface area contributed by atoms with E-state index in [1.165, 1.54) is 5.56 Å². The van der Waals surface area contributed by atoms with Crippen LogP contribution < -0.4 is 4.72 Å². The van der Waals surface area contributed by atoms with Crippen LogP contribution in [0.2, 0.25) is 0 Å². The molecule has 1 aliphatic rings. The summed E-state index contributed by atoms with van der Waals surface area (Å²) in [6.45, 7) is 3.08. The molecule has 1 aliphatic heterocycles. The Bertz CT molecular complexity index is 1310. The SMILES string of the molecule is Cc1ccc(C(=O)N2CCC(c3ccc(C#N)cc3)CC2)cc1NS(=O)(=O)Cc1ccccc1. The zero-order valence-electron chi connectivity index (χ0n) is 19.1. The van der Waals surface area contributed by atoms with Gasteiger partial charge >= 0.3 is 0 Å². The van der Waals surface area contributed by atoms with E-state index in [9.17, 15) is 13.2 Å². The van der Waals surface area contributed by atoms with Crippen LogP contribution >= 0.6 is 0 Å². The average molecular weight is 474 g/mol. The second kappa shape index (κ2) is 10.1. The van der Waals surface area contributed by atoms with E-state index in [0.29, 0.717) is 41.4 Å². The largest absolute Gasteiger partial charge is 0.339 e. The molecule has 174 valence electrons. The van der Waals surface area contributed by atoms with Crippen molar-refractivity contribution in [2.24, 2.45) is 0 Å². The van der Waals surface area contributed by atoms with E-state index in [4.69, 9.17) is 5.26 Å². The number of hydrogen-bond acceptors (Lipinski definition) is 4. The van der Waals surface area contributed by atoms with Crippen LogP contribution in [0.1, 0.15) is 51.4 Å². The Morgan fingerprint density at radius 2 is 1.71 bits per heavy atom. The molecular formula is C27H27N3O3S. The molecule has 4 rings (SSSR count). The lowest BCUT2D eigenvalue weighted by atomic mass is 9.89. The number of hydrogen-bond donors (Lipinski definition) is 1. The summed E-state index contributed by atoms with van der Waals surface area (Å²) < 4.78 is 28.0. The molecule has 0 bridgehead atoms. The maximum absolute atomic E-state index is 13.2. The lowest BCUT2D eigenvalue weighted by Crippen LogP contribution is -2.38. The molecule has 1 heterocycles. The lowest BCUT2D eigenvalue weighted by Gasteiger charge is -2.32. The minimum absolute atomic E-state index is 0.0956. The number of nitrogens with zero attached hydrogens (tertiary/aromatic N) is 2. The average Bonchev–Trinajstić information content (AvgIpc) is 2.85. The summed E-state index contributed by atoms with van der Waals surface area (Å²) in [4.78, 5) is 15.0. The van der Waals surface area contributed by atoms with Gasteiger partial charge in [-0.25, -0.2) is 8.42 Å². The third-order valence-corrected chi connectivity index (χ3v) is 7.49. The number of amides is 1. The Hall–Kier alpha value is -3.63. The number of piperidine rings is 1. The third kappa shape index (κ3) is 5.64. The number of sulfonamides is 1. The zero-order chi connectivity index (χ0) is 24.1. The normalized spacial score (nSPS) is 14.4. The van der Waals surface area contributed by atoms with E-state index in [2.05, 4.69) is 10.8 Å². The highest BCUT2D eigenvalue weighted by molar-refractivity contribution is 7.91. The van der Waals surface area contributed by atoms with Gasteiger partial charge in [-0.1, -0.05) is 48.5 Å². The monoisotopic (exact) mass is 473 g/mol. The molecule has 0 spiro atoms. The molecule has 0 aliphatic carbocycles. The van der Waals surface area contributed by atoms with Crippen molar-refractivity contribution in [3.63, 3.8) is 0 Å². The predicted molar refractivity (Wildman–Crippen MR) is 133 cm³/mol. The minimum atomic E-state index is -3.62. The summed E-state index contributed by atoms with van der Waals surface area (Å²) in [6, 6.07) is 23.9. The van der Waals surface area contributed by atoms with E-state index in [0.717, 1.165) is 18.4 Å². The third-order valence-electron chi connectivity index (χ3n) is 6.24. The molecule has 34 heavy (non-hydrogen) atoms. The van der Waals surface area contributed by atoms with Gasteiger partial charge in [0.15, 0.2) is 0 Å². The van der Waals surface area contributed by atoms with Crippen LogP contribution in [0.25, 0.3) is 0 Å². The summed E-state index contributed by atoms with van der Waals surface area (Å²) in [5, 5.41) is 8.98. The highest BCUT2D eigenvalue weighted by atomic mass is 32.2. The van der Waals surface area contributed by atoms with Crippen molar-refractivity contribution in [1.29, 1.82) is 5.26 Å². The fourth-order valence-electron chi connectivity index (χ4n) is 4.29. The second-order valence-corrected chi connectivity index (χ2v) is 10.4. The number of likely N-dealkylation sites (tertiary alicyclic amines) is 1. The van der Waals surface area contributed by atoms with Crippen molar-refractivity contribution in [1.82, 2.24) is 4.90 Å². The van der Waals surface area contributed by atoms with E-state index in [1.807, 2.05) is 42.2 Å². The number of benzene rings is 3. The highest BCUT2D eigenvalue weighted by Crippen LogP contribution is 2.29. The van der Waals surface area contributed by atoms with Crippen LogP contribution in [0.4, 0.5) is 5.69 Å². The van der Waals surface area contributed by atoms with Gasteiger partial charge in [0, 0.05) is 18.7 Å². The van der Waals surface area contributed by atoms with Gasteiger partial charge in [-0.05, 0) is 66.6 Å². The zero-order valence-corrected chi connectivity index (χ0v) is 19.9. The van der Waals surface area contributed by atoms with Gasteiger partial charge in [0.2, 0.25) is 10.0 Å². The van der Waals surface area contributed by atoms with Gasteiger partial charge < -0.3 is 4.90 Å². The topological polar surface area (TPSA) is 90.3 Å². The maximum atomic E-state index is 13.2. The van der Waals surface area contributed by atoms with Gasteiger partial charge in [0.25, 0.3) is 5.91 Å². The number of aryl methyl sites for hydroxylation is 1. The molecule has 1 saturated heterocycles. The van der Waals surface area contributed by atoms with Gasteiger partial charge in [0.05, 0.1) is 23.1 Å². The minimum Gasteiger partial charge on any atom is -0.339 e. The Labute approximate surface area is 200 Å². The van der Waals surface area contributed by atoms with Crippen LogP contribution in [0.3, 0.4) is 0 Å². The highest BCUT2D eigenvalue weighted by Gasteiger charge is 2.25. The Kier molecular flexibility index (Phi) is 6.99. The van der Waals surface area contributed by atoms with Crippen molar-refractivity contribution < 1.29 is 13.2 Å². The van der Waals surface area contributed by atoms with Gasteiger partial charge in [-0.15, -0.1) is 0 Å². The van der Waals surface area contributed by atoms with E-state index in [1.54, 1.807) is 42.5 Å². The molecule has 0 unspecified atom stereocenters. The predicted octanol–water partition coefficient (Wildman–Crippen LogP) is 4.83. The number of carbonyl (C=O) groups excluding carboxylic acids is 1. The molecule has 3 aromatic rings. The first-order valence-corrected chi connectivity index (χ1v) is 12.9. The molecule has 0 saturated carbocycles. The number of anilines is 1. The quantitative estimate of drug-likeness (QED) is 0.555. The molecule has 7 heteroatoms. The van der Waals surface area contributed by atoms with Crippen LogP contribution in [0.15, 0.2) is 72.8 Å².